The first-order chi connectivity index (χ1) is 9.54. The SMILES string of the molecule is Cc1cc(O)n2nc(C(C)c3ccc(Cl)cc3)cc2n1. The maximum atomic E-state index is 9.90. The molecule has 3 aromatic rings. The average molecular weight is 288 g/mol. The van der Waals surface area contributed by atoms with E-state index in [0.717, 1.165) is 17.0 Å². The van der Waals surface area contributed by atoms with Crippen LogP contribution in [0.5, 0.6) is 5.88 Å². The summed E-state index contributed by atoms with van der Waals surface area (Å²) in [5.41, 5.74) is 3.40. The number of fused-ring (bicyclic) bond motifs is 1. The molecule has 0 spiro atoms. The molecular formula is C15H14ClN3O. The van der Waals surface area contributed by atoms with Gasteiger partial charge in [0.15, 0.2) is 5.65 Å². The zero-order chi connectivity index (χ0) is 14.3. The van der Waals surface area contributed by atoms with Gasteiger partial charge >= 0.3 is 0 Å². The van der Waals surface area contributed by atoms with E-state index in [-0.39, 0.29) is 11.8 Å². The molecule has 0 aliphatic carbocycles. The molecule has 1 unspecified atom stereocenters. The Hall–Kier alpha value is -2.07. The van der Waals surface area contributed by atoms with Gasteiger partial charge in [-0.25, -0.2) is 4.98 Å². The summed E-state index contributed by atoms with van der Waals surface area (Å²) < 4.78 is 1.45. The van der Waals surface area contributed by atoms with Crippen LogP contribution in [0.2, 0.25) is 5.02 Å². The Kier molecular flexibility index (Phi) is 3.10. The van der Waals surface area contributed by atoms with Crippen molar-refractivity contribution in [1.82, 2.24) is 14.6 Å². The Bertz CT molecular complexity index is 765. The number of halogens is 1. The molecule has 3 rings (SSSR count). The molecule has 1 atom stereocenters. The topological polar surface area (TPSA) is 50.4 Å². The lowest BCUT2D eigenvalue weighted by Gasteiger charge is -2.08. The summed E-state index contributed by atoms with van der Waals surface area (Å²) >= 11 is 5.90. The van der Waals surface area contributed by atoms with Crippen LogP contribution in [0.3, 0.4) is 0 Å². The molecule has 0 fully saturated rings. The van der Waals surface area contributed by atoms with E-state index in [0.29, 0.717) is 10.7 Å². The van der Waals surface area contributed by atoms with Crippen molar-refractivity contribution in [3.05, 3.63) is 58.4 Å². The Morgan fingerprint density at radius 3 is 2.60 bits per heavy atom. The maximum absolute atomic E-state index is 9.90. The summed E-state index contributed by atoms with van der Waals surface area (Å²) in [6.45, 7) is 3.91. The third-order valence-corrected chi connectivity index (χ3v) is 3.62. The fourth-order valence-electron chi connectivity index (χ4n) is 2.23. The number of hydrogen-bond acceptors (Lipinski definition) is 3. The second-order valence-corrected chi connectivity index (χ2v) is 5.30. The van der Waals surface area contributed by atoms with Crippen LogP contribution in [0.4, 0.5) is 0 Å². The molecule has 2 aromatic heterocycles. The van der Waals surface area contributed by atoms with Crippen LogP contribution in [0.1, 0.15) is 29.8 Å². The molecule has 0 saturated heterocycles. The predicted octanol–water partition coefficient (Wildman–Crippen LogP) is 3.55. The van der Waals surface area contributed by atoms with Gasteiger partial charge < -0.3 is 5.11 Å². The largest absolute Gasteiger partial charge is 0.493 e. The molecule has 2 heterocycles. The number of aryl methyl sites for hydroxylation is 1. The van der Waals surface area contributed by atoms with Gasteiger partial charge in [-0.15, -0.1) is 0 Å². The second kappa shape index (κ2) is 4.80. The molecule has 0 bridgehead atoms. The number of aromatic nitrogens is 3. The Labute approximate surface area is 121 Å². The van der Waals surface area contributed by atoms with Crippen molar-refractivity contribution in [2.24, 2.45) is 0 Å². The van der Waals surface area contributed by atoms with Gasteiger partial charge in [-0.3, -0.25) is 0 Å². The number of rotatable bonds is 2. The first-order valence-corrected chi connectivity index (χ1v) is 6.74. The Morgan fingerprint density at radius 1 is 1.20 bits per heavy atom. The summed E-state index contributed by atoms with van der Waals surface area (Å²) in [7, 11) is 0. The van der Waals surface area contributed by atoms with Crippen LogP contribution in [0.25, 0.3) is 5.65 Å². The van der Waals surface area contributed by atoms with Crippen LogP contribution in [-0.2, 0) is 0 Å². The van der Waals surface area contributed by atoms with Gasteiger partial charge in [0, 0.05) is 28.8 Å². The minimum absolute atomic E-state index is 0.0991. The summed E-state index contributed by atoms with van der Waals surface area (Å²) in [6.07, 6.45) is 0. The van der Waals surface area contributed by atoms with Crippen LogP contribution >= 0.6 is 11.6 Å². The summed E-state index contributed by atoms with van der Waals surface area (Å²) in [6, 6.07) is 11.2. The molecule has 0 saturated carbocycles. The third kappa shape index (κ3) is 2.23. The molecule has 0 aliphatic rings. The Morgan fingerprint density at radius 2 is 1.90 bits per heavy atom. The van der Waals surface area contributed by atoms with Gasteiger partial charge in [0.25, 0.3) is 0 Å². The number of nitrogens with zero attached hydrogens (tertiary/aromatic N) is 3. The standard InChI is InChI=1S/C15H14ClN3O/c1-9-7-15(20)19-14(17-9)8-13(18-19)10(2)11-3-5-12(16)6-4-11/h3-8,10,20H,1-2H3. The molecule has 0 aliphatic heterocycles. The Balaban J connectivity index is 2.05. The van der Waals surface area contributed by atoms with E-state index in [9.17, 15) is 5.11 Å². The van der Waals surface area contributed by atoms with Crippen LogP contribution in [0.15, 0.2) is 36.4 Å². The minimum Gasteiger partial charge on any atom is -0.493 e. The van der Waals surface area contributed by atoms with E-state index in [4.69, 9.17) is 11.6 Å². The highest BCUT2D eigenvalue weighted by atomic mass is 35.5. The van der Waals surface area contributed by atoms with Crippen molar-refractivity contribution >= 4 is 17.2 Å². The molecule has 20 heavy (non-hydrogen) atoms. The molecule has 4 nitrogen and oxygen atoms in total. The monoisotopic (exact) mass is 287 g/mol. The number of aromatic hydroxyl groups is 1. The van der Waals surface area contributed by atoms with Crippen LogP contribution in [0, 0.1) is 6.92 Å². The predicted molar refractivity (Wildman–Crippen MR) is 78.4 cm³/mol. The van der Waals surface area contributed by atoms with Crippen LogP contribution < -0.4 is 0 Å². The lowest BCUT2D eigenvalue weighted by atomic mass is 9.98. The van der Waals surface area contributed by atoms with Crippen molar-refractivity contribution in [2.45, 2.75) is 19.8 Å². The van der Waals surface area contributed by atoms with E-state index in [1.54, 1.807) is 6.07 Å². The molecule has 102 valence electrons. The highest BCUT2D eigenvalue weighted by molar-refractivity contribution is 6.30. The summed E-state index contributed by atoms with van der Waals surface area (Å²) in [5, 5.41) is 15.0. The van der Waals surface area contributed by atoms with E-state index >= 15 is 0 Å². The highest BCUT2D eigenvalue weighted by Crippen LogP contribution is 2.26. The van der Waals surface area contributed by atoms with Gasteiger partial charge in [0.05, 0.1) is 5.69 Å². The van der Waals surface area contributed by atoms with E-state index in [1.165, 1.54) is 4.52 Å². The van der Waals surface area contributed by atoms with E-state index < -0.39 is 0 Å². The second-order valence-electron chi connectivity index (χ2n) is 4.87. The maximum Gasteiger partial charge on any atom is 0.215 e. The van der Waals surface area contributed by atoms with Crippen molar-refractivity contribution < 1.29 is 5.11 Å². The van der Waals surface area contributed by atoms with Crippen molar-refractivity contribution in [1.29, 1.82) is 0 Å². The number of hydrogen-bond donors (Lipinski definition) is 1. The average Bonchev–Trinajstić information content (AvgIpc) is 2.83. The fourth-order valence-corrected chi connectivity index (χ4v) is 2.36. The zero-order valence-corrected chi connectivity index (χ0v) is 12.0. The lowest BCUT2D eigenvalue weighted by Crippen LogP contribution is -1.98. The lowest BCUT2D eigenvalue weighted by molar-refractivity contribution is 0.433. The molecular weight excluding hydrogens is 274 g/mol. The molecule has 1 N–H and O–H groups in total. The van der Waals surface area contributed by atoms with E-state index in [1.807, 2.05) is 37.3 Å². The minimum atomic E-state index is 0.0991. The molecule has 0 amide bonds. The first kappa shape index (κ1) is 12.9. The van der Waals surface area contributed by atoms with Crippen molar-refractivity contribution in [2.75, 3.05) is 0 Å². The van der Waals surface area contributed by atoms with Gasteiger partial charge in [-0.1, -0.05) is 30.7 Å². The molecule has 5 heteroatoms. The van der Waals surface area contributed by atoms with Gasteiger partial charge in [0.1, 0.15) is 0 Å². The van der Waals surface area contributed by atoms with Gasteiger partial charge in [0.2, 0.25) is 5.88 Å². The fraction of sp³-hybridized carbons (Fsp3) is 0.200. The van der Waals surface area contributed by atoms with Gasteiger partial charge in [-0.2, -0.15) is 9.61 Å². The van der Waals surface area contributed by atoms with Gasteiger partial charge in [-0.05, 0) is 24.6 Å². The summed E-state index contributed by atoms with van der Waals surface area (Å²) in [5.74, 6) is 0.204. The molecule has 0 radical (unpaired) electrons. The van der Waals surface area contributed by atoms with Crippen molar-refractivity contribution in [3.8, 4) is 5.88 Å². The first-order valence-electron chi connectivity index (χ1n) is 6.36. The number of benzene rings is 1. The smallest absolute Gasteiger partial charge is 0.215 e. The van der Waals surface area contributed by atoms with Crippen molar-refractivity contribution in [3.63, 3.8) is 0 Å². The normalized spacial score (nSPS) is 12.8. The highest BCUT2D eigenvalue weighted by Gasteiger charge is 2.14. The zero-order valence-electron chi connectivity index (χ0n) is 11.2. The third-order valence-electron chi connectivity index (χ3n) is 3.37. The summed E-state index contributed by atoms with van der Waals surface area (Å²) in [4.78, 5) is 4.37. The molecule has 1 aromatic carbocycles. The van der Waals surface area contributed by atoms with Crippen LogP contribution in [-0.4, -0.2) is 19.7 Å². The quantitative estimate of drug-likeness (QED) is 0.784. The van der Waals surface area contributed by atoms with E-state index in [2.05, 4.69) is 17.0 Å².